The zero-order valence-corrected chi connectivity index (χ0v) is 23.9. The molecule has 1 fully saturated rings. The average Bonchev–Trinajstić information content (AvgIpc) is 3.73. The molecule has 3 aromatic carbocycles. The summed E-state index contributed by atoms with van der Waals surface area (Å²) in [6.45, 7) is 3.76. The molecule has 6 nitrogen and oxygen atoms in total. The molecule has 2 amide bonds. The third kappa shape index (κ3) is 4.80. The third-order valence-electron chi connectivity index (χ3n) is 8.87. The largest absolute Gasteiger partial charge is 0.351 e. The second-order valence-corrected chi connectivity index (χ2v) is 11.5. The van der Waals surface area contributed by atoms with Gasteiger partial charge in [-0.2, -0.15) is 0 Å². The summed E-state index contributed by atoms with van der Waals surface area (Å²) in [6, 6.07) is 12.8. The Bertz CT molecular complexity index is 1610. The van der Waals surface area contributed by atoms with Crippen LogP contribution >= 0.6 is 0 Å². The van der Waals surface area contributed by atoms with Gasteiger partial charge in [-0.3, -0.25) is 9.59 Å². The number of allylic oxidation sites excluding steroid dienone is 1. The van der Waals surface area contributed by atoms with Crippen LogP contribution in [0.15, 0.2) is 60.4 Å². The van der Waals surface area contributed by atoms with E-state index >= 15 is 0 Å². The molecule has 1 spiro atoms. The number of nitrogens with one attached hydrogen (secondary N) is 2. The summed E-state index contributed by atoms with van der Waals surface area (Å²) in [6.07, 6.45) is 6.04. The van der Waals surface area contributed by atoms with Gasteiger partial charge in [-0.15, -0.1) is 0 Å². The molecule has 1 saturated carbocycles. The highest BCUT2D eigenvalue weighted by molar-refractivity contribution is 5.96. The van der Waals surface area contributed by atoms with E-state index in [9.17, 15) is 22.8 Å². The third-order valence-corrected chi connectivity index (χ3v) is 8.87. The van der Waals surface area contributed by atoms with Crippen LogP contribution in [0.3, 0.4) is 0 Å². The Kier molecular flexibility index (Phi) is 6.99. The maximum atomic E-state index is 14.2. The minimum atomic E-state index is -1.05. The summed E-state index contributed by atoms with van der Waals surface area (Å²) in [4.78, 5) is 29.9. The van der Waals surface area contributed by atoms with Crippen molar-refractivity contribution >= 4 is 23.2 Å². The molecule has 42 heavy (non-hydrogen) atoms. The highest BCUT2D eigenvalue weighted by Crippen LogP contribution is 2.58. The zero-order chi connectivity index (χ0) is 29.8. The second kappa shape index (κ2) is 10.5. The van der Waals surface area contributed by atoms with Crippen molar-refractivity contribution in [2.45, 2.75) is 64.1 Å². The SMILES string of the molecule is CC(=O)Nc1cccc2c1CN1/C(=C\CCC2C)N(C)C2(CC2)c2ccc(C(=O)NCc3c(F)cc(F)cc3F)cc21. The molecule has 0 radical (unpaired) electrons. The molecule has 9 heteroatoms. The van der Waals surface area contributed by atoms with E-state index in [1.54, 1.807) is 6.07 Å². The van der Waals surface area contributed by atoms with Crippen molar-refractivity contribution in [1.82, 2.24) is 10.2 Å². The van der Waals surface area contributed by atoms with Gasteiger partial charge in [0.15, 0.2) is 0 Å². The predicted molar refractivity (Wildman–Crippen MR) is 155 cm³/mol. The fourth-order valence-corrected chi connectivity index (χ4v) is 6.47. The van der Waals surface area contributed by atoms with Crippen LogP contribution < -0.4 is 15.5 Å². The van der Waals surface area contributed by atoms with Crippen molar-refractivity contribution in [3.63, 3.8) is 0 Å². The van der Waals surface area contributed by atoms with Crippen LogP contribution in [0.4, 0.5) is 24.5 Å². The van der Waals surface area contributed by atoms with Gasteiger partial charge in [-0.1, -0.05) is 25.1 Å². The summed E-state index contributed by atoms with van der Waals surface area (Å²) >= 11 is 0. The summed E-state index contributed by atoms with van der Waals surface area (Å²) in [7, 11) is 2.11. The molecule has 0 aromatic heterocycles. The van der Waals surface area contributed by atoms with Crippen LogP contribution in [-0.2, 0) is 23.4 Å². The highest BCUT2D eigenvalue weighted by Gasteiger charge is 2.54. The number of halogens is 3. The fraction of sp³-hybridized carbons (Fsp3) is 0.333. The highest BCUT2D eigenvalue weighted by atomic mass is 19.1. The van der Waals surface area contributed by atoms with E-state index in [0.717, 1.165) is 54.0 Å². The maximum absolute atomic E-state index is 14.2. The Labute approximate surface area is 243 Å². The molecule has 0 bridgehead atoms. The smallest absolute Gasteiger partial charge is 0.251 e. The normalized spacial score (nSPS) is 19.8. The molecule has 2 aliphatic heterocycles. The van der Waals surface area contributed by atoms with Crippen LogP contribution in [0.5, 0.6) is 0 Å². The number of carbonyl (C=O) groups excluding carboxylic acids is 2. The minimum absolute atomic E-state index is 0.146. The van der Waals surface area contributed by atoms with Crippen LogP contribution in [0.1, 0.15) is 78.1 Å². The molecular formula is C33H33F3N4O2. The average molecular weight is 575 g/mol. The molecule has 2 N–H and O–H groups in total. The molecule has 6 rings (SSSR count). The van der Waals surface area contributed by atoms with Gasteiger partial charge < -0.3 is 20.4 Å². The molecule has 2 heterocycles. The van der Waals surface area contributed by atoms with Crippen LogP contribution in [-0.4, -0.2) is 23.8 Å². The van der Waals surface area contributed by atoms with Crippen molar-refractivity contribution in [3.05, 3.63) is 106 Å². The topological polar surface area (TPSA) is 64.7 Å². The number of amides is 2. The number of anilines is 2. The molecule has 0 saturated heterocycles. The quantitative estimate of drug-likeness (QED) is 0.365. The fourth-order valence-electron chi connectivity index (χ4n) is 6.47. The van der Waals surface area contributed by atoms with Crippen LogP contribution in [0.2, 0.25) is 0 Å². The van der Waals surface area contributed by atoms with E-state index in [1.807, 2.05) is 24.3 Å². The van der Waals surface area contributed by atoms with Gasteiger partial charge in [-0.05, 0) is 67.0 Å². The van der Waals surface area contributed by atoms with E-state index in [4.69, 9.17) is 0 Å². The monoisotopic (exact) mass is 574 g/mol. The first-order valence-electron chi connectivity index (χ1n) is 14.3. The van der Waals surface area contributed by atoms with Crippen LogP contribution in [0.25, 0.3) is 0 Å². The Morgan fingerprint density at radius 2 is 1.79 bits per heavy atom. The lowest BCUT2D eigenvalue weighted by atomic mass is 9.90. The lowest BCUT2D eigenvalue weighted by Gasteiger charge is -2.46. The molecule has 1 atom stereocenters. The molecule has 3 aliphatic rings. The van der Waals surface area contributed by atoms with E-state index in [1.165, 1.54) is 12.5 Å². The van der Waals surface area contributed by atoms with Gasteiger partial charge >= 0.3 is 0 Å². The summed E-state index contributed by atoms with van der Waals surface area (Å²) in [5.74, 6) is -2.43. The van der Waals surface area contributed by atoms with Crippen molar-refractivity contribution in [2.24, 2.45) is 0 Å². The van der Waals surface area contributed by atoms with Gasteiger partial charge in [0, 0.05) is 60.7 Å². The van der Waals surface area contributed by atoms with Crippen molar-refractivity contribution in [1.29, 1.82) is 0 Å². The van der Waals surface area contributed by atoms with E-state index in [0.29, 0.717) is 24.2 Å². The van der Waals surface area contributed by atoms with Gasteiger partial charge in [-0.25, -0.2) is 13.2 Å². The minimum Gasteiger partial charge on any atom is -0.351 e. The Morgan fingerprint density at radius 1 is 1.05 bits per heavy atom. The summed E-state index contributed by atoms with van der Waals surface area (Å²) in [5.41, 5.74) is 4.75. The first-order valence-corrected chi connectivity index (χ1v) is 14.3. The van der Waals surface area contributed by atoms with Crippen molar-refractivity contribution in [2.75, 3.05) is 17.3 Å². The summed E-state index contributed by atoms with van der Waals surface area (Å²) in [5, 5.41) is 5.60. The standard InChI is InChI=1S/C33H33F3N4O2/c1-19-6-4-9-31-39(3)33(12-13-33)26-11-10-21(32(42)37-17-24-27(35)15-22(34)16-28(24)36)14-30(26)40(31)18-25-23(19)7-5-8-29(25)38-20(2)41/h5,7-11,14-16,19H,4,6,12-13,17-18H2,1-3H3,(H,37,42)(H,38,41)/b31-9-. The van der Waals surface area contributed by atoms with Gasteiger partial charge in [0.25, 0.3) is 5.91 Å². The Balaban J connectivity index is 1.40. The number of fused-ring (bicyclic) bond motifs is 5. The van der Waals surface area contributed by atoms with Gasteiger partial charge in [0.2, 0.25) is 5.91 Å². The second-order valence-electron chi connectivity index (χ2n) is 11.5. The van der Waals surface area contributed by atoms with Crippen molar-refractivity contribution in [3.8, 4) is 0 Å². The Hall–Kier alpha value is -4.27. The van der Waals surface area contributed by atoms with Gasteiger partial charge in [0.1, 0.15) is 23.3 Å². The van der Waals surface area contributed by atoms with Gasteiger partial charge in [0.05, 0.1) is 12.1 Å². The number of hydrogen-bond acceptors (Lipinski definition) is 4. The van der Waals surface area contributed by atoms with E-state index < -0.39 is 35.5 Å². The predicted octanol–water partition coefficient (Wildman–Crippen LogP) is 6.67. The van der Waals surface area contributed by atoms with E-state index in [2.05, 4.69) is 46.5 Å². The molecule has 3 aromatic rings. The molecular weight excluding hydrogens is 541 g/mol. The van der Waals surface area contributed by atoms with Crippen molar-refractivity contribution < 1.29 is 22.8 Å². The maximum Gasteiger partial charge on any atom is 0.251 e. The number of carbonyl (C=O) groups is 2. The van der Waals surface area contributed by atoms with E-state index in [-0.39, 0.29) is 17.4 Å². The number of benzene rings is 3. The lowest BCUT2D eigenvalue weighted by molar-refractivity contribution is -0.114. The lowest BCUT2D eigenvalue weighted by Crippen LogP contribution is -2.45. The number of nitrogens with zero attached hydrogens (tertiary/aromatic N) is 2. The number of hydrogen-bond donors (Lipinski definition) is 2. The number of rotatable bonds is 4. The first kappa shape index (κ1) is 27.9. The first-order chi connectivity index (χ1) is 20.1. The molecule has 1 aliphatic carbocycles. The zero-order valence-electron chi connectivity index (χ0n) is 23.9. The summed E-state index contributed by atoms with van der Waals surface area (Å²) < 4.78 is 41.7. The van der Waals surface area contributed by atoms with Crippen LogP contribution in [0, 0.1) is 17.5 Å². The molecule has 1 unspecified atom stereocenters. The molecule has 218 valence electrons. The Morgan fingerprint density at radius 3 is 2.48 bits per heavy atom.